The molecule has 0 aliphatic carbocycles. The third-order valence-electron chi connectivity index (χ3n) is 3.42. The van der Waals surface area contributed by atoms with Crippen molar-refractivity contribution < 1.29 is 4.79 Å². The van der Waals surface area contributed by atoms with Gasteiger partial charge in [-0.05, 0) is 24.1 Å². The molecule has 8 nitrogen and oxygen atoms in total. The number of nitrogens with one attached hydrogen (secondary N) is 1. The first-order valence-corrected chi connectivity index (χ1v) is 7.20. The largest absolute Gasteiger partial charge is 0.354 e. The molecule has 0 aliphatic rings. The minimum Gasteiger partial charge on any atom is -0.354 e. The number of hydrogen-bond acceptors (Lipinski definition) is 5. The van der Waals surface area contributed by atoms with Gasteiger partial charge in [0.2, 0.25) is 5.91 Å². The Balaban J connectivity index is 1.61. The molecule has 0 radical (unpaired) electrons. The number of carbonyl (C=O) groups is 1. The van der Waals surface area contributed by atoms with Gasteiger partial charge in [-0.3, -0.25) is 14.3 Å². The molecule has 0 unspecified atom stereocenters. The summed E-state index contributed by atoms with van der Waals surface area (Å²) in [6, 6.07) is 6.92. The van der Waals surface area contributed by atoms with Crippen molar-refractivity contribution in [1.29, 1.82) is 0 Å². The predicted molar refractivity (Wildman–Crippen MR) is 83.7 cm³/mol. The van der Waals surface area contributed by atoms with Gasteiger partial charge in [0, 0.05) is 19.8 Å². The number of aryl methyl sites for hydroxylation is 1. The lowest BCUT2D eigenvalue weighted by Gasteiger charge is -2.06. The molecule has 1 aromatic carbocycles. The SMILES string of the molecule is Cn1cc(CCNC(=O)Cn2nnc3ccccc3c2=O)cn1. The van der Waals surface area contributed by atoms with Gasteiger partial charge in [0.15, 0.2) is 0 Å². The number of nitrogens with zero attached hydrogens (tertiary/aromatic N) is 5. The van der Waals surface area contributed by atoms with Crippen LogP contribution in [-0.2, 0) is 24.8 Å². The molecule has 0 spiro atoms. The van der Waals surface area contributed by atoms with Crippen LogP contribution < -0.4 is 10.9 Å². The fraction of sp³-hybridized carbons (Fsp3) is 0.267. The first kappa shape index (κ1) is 14.9. The van der Waals surface area contributed by atoms with Gasteiger partial charge in [-0.1, -0.05) is 17.3 Å². The smallest absolute Gasteiger partial charge is 0.278 e. The maximum absolute atomic E-state index is 12.2. The standard InChI is InChI=1S/C15H16N6O2/c1-20-9-11(8-17-20)6-7-16-14(22)10-21-15(23)12-4-2-3-5-13(12)18-19-21/h2-5,8-9H,6-7,10H2,1H3,(H,16,22). The summed E-state index contributed by atoms with van der Waals surface area (Å²) in [5.41, 5.74) is 1.24. The Hall–Kier alpha value is -3.03. The highest BCUT2D eigenvalue weighted by atomic mass is 16.2. The van der Waals surface area contributed by atoms with Crippen LogP contribution in [-0.4, -0.2) is 37.2 Å². The van der Waals surface area contributed by atoms with Crippen LogP contribution in [0.25, 0.3) is 10.9 Å². The molecule has 0 saturated heterocycles. The van der Waals surface area contributed by atoms with E-state index in [1.54, 1.807) is 35.1 Å². The fourth-order valence-corrected chi connectivity index (χ4v) is 2.27. The molecule has 2 aromatic heterocycles. The Morgan fingerprint density at radius 3 is 2.91 bits per heavy atom. The zero-order valence-electron chi connectivity index (χ0n) is 12.6. The van der Waals surface area contributed by atoms with Crippen LogP contribution in [0.2, 0.25) is 0 Å². The summed E-state index contributed by atoms with van der Waals surface area (Å²) in [5.74, 6) is -0.277. The predicted octanol–water partition coefficient (Wildman–Crippen LogP) is -0.116. The Morgan fingerprint density at radius 2 is 2.13 bits per heavy atom. The second-order valence-electron chi connectivity index (χ2n) is 5.19. The van der Waals surface area contributed by atoms with Crippen LogP contribution in [0.5, 0.6) is 0 Å². The molecule has 0 atom stereocenters. The van der Waals surface area contributed by atoms with E-state index in [0.29, 0.717) is 23.9 Å². The molecule has 118 valence electrons. The summed E-state index contributed by atoms with van der Waals surface area (Å²) in [5, 5.41) is 15.0. The minimum absolute atomic E-state index is 0.149. The molecular formula is C15H16N6O2. The molecule has 0 fully saturated rings. The highest BCUT2D eigenvalue weighted by Crippen LogP contribution is 2.03. The molecule has 0 bridgehead atoms. The van der Waals surface area contributed by atoms with Crippen LogP contribution in [0, 0.1) is 0 Å². The molecule has 0 aliphatic heterocycles. The number of aromatic nitrogens is 5. The maximum Gasteiger partial charge on any atom is 0.278 e. The van der Waals surface area contributed by atoms with Crippen LogP contribution in [0.4, 0.5) is 0 Å². The first-order chi connectivity index (χ1) is 11.1. The van der Waals surface area contributed by atoms with Crippen LogP contribution in [0.15, 0.2) is 41.5 Å². The van der Waals surface area contributed by atoms with Crippen LogP contribution in [0.1, 0.15) is 5.56 Å². The second-order valence-corrected chi connectivity index (χ2v) is 5.19. The lowest BCUT2D eigenvalue weighted by atomic mass is 10.2. The monoisotopic (exact) mass is 312 g/mol. The number of amides is 1. The van der Waals surface area contributed by atoms with Gasteiger partial charge in [-0.25, -0.2) is 4.68 Å². The fourth-order valence-electron chi connectivity index (χ4n) is 2.27. The number of benzene rings is 1. The highest BCUT2D eigenvalue weighted by molar-refractivity contribution is 5.78. The Morgan fingerprint density at radius 1 is 1.30 bits per heavy atom. The lowest BCUT2D eigenvalue weighted by molar-refractivity contribution is -0.121. The molecule has 1 amide bonds. The van der Waals surface area contributed by atoms with Gasteiger partial charge < -0.3 is 5.32 Å². The molecule has 0 saturated carbocycles. The van der Waals surface area contributed by atoms with Crippen molar-refractivity contribution >= 4 is 16.8 Å². The number of carbonyl (C=O) groups excluding carboxylic acids is 1. The van der Waals surface area contributed by atoms with E-state index >= 15 is 0 Å². The van der Waals surface area contributed by atoms with Gasteiger partial charge in [0.1, 0.15) is 12.1 Å². The van der Waals surface area contributed by atoms with E-state index in [4.69, 9.17) is 0 Å². The van der Waals surface area contributed by atoms with Crippen molar-refractivity contribution in [3.63, 3.8) is 0 Å². The average molecular weight is 312 g/mol. The summed E-state index contributed by atoms with van der Waals surface area (Å²) in [4.78, 5) is 24.2. The Bertz CT molecular complexity index is 898. The summed E-state index contributed by atoms with van der Waals surface area (Å²) in [7, 11) is 1.84. The van der Waals surface area contributed by atoms with Crippen molar-refractivity contribution in [2.75, 3.05) is 6.54 Å². The van der Waals surface area contributed by atoms with Crippen molar-refractivity contribution in [2.45, 2.75) is 13.0 Å². The molecule has 2 heterocycles. The van der Waals surface area contributed by atoms with Gasteiger partial charge in [0.05, 0.1) is 11.6 Å². The Labute approximate surface area is 131 Å². The average Bonchev–Trinajstić information content (AvgIpc) is 2.96. The number of hydrogen-bond donors (Lipinski definition) is 1. The number of fused-ring (bicyclic) bond motifs is 1. The van der Waals surface area contributed by atoms with Gasteiger partial charge in [-0.15, -0.1) is 5.10 Å². The van der Waals surface area contributed by atoms with Crippen molar-refractivity contribution in [3.05, 3.63) is 52.6 Å². The van der Waals surface area contributed by atoms with E-state index in [1.165, 1.54) is 0 Å². The zero-order chi connectivity index (χ0) is 16.2. The third kappa shape index (κ3) is 3.42. The summed E-state index contributed by atoms with van der Waals surface area (Å²) < 4.78 is 2.78. The summed E-state index contributed by atoms with van der Waals surface area (Å²) >= 11 is 0. The molecule has 1 N–H and O–H groups in total. The minimum atomic E-state index is -0.321. The number of rotatable bonds is 5. The normalized spacial score (nSPS) is 10.8. The lowest BCUT2D eigenvalue weighted by Crippen LogP contribution is -2.35. The van der Waals surface area contributed by atoms with Crippen LogP contribution in [0.3, 0.4) is 0 Å². The quantitative estimate of drug-likeness (QED) is 0.709. The molecule has 23 heavy (non-hydrogen) atoms. The van der Waals surface area contributed by atoms with Gasteiger partial charge in [0.25, 0.3) is 5.56 Å². The first-order valence-electron chi connectivity index (χ1n) is 7.20. The van der Waals surface area contributed by atoms with Gasteiger partial charge in [-0.2, -0.15) is 5.10 Å². The van der Waals surface area contributed by atoms with E-state index in [9.17, 15) is 9.59 Å². The summed E-state index contributed by atoms with van der Waals surface area (Å²) in [6.07, 6.45) is 4.33. The van der Waals surface area contributed by atoms with E-state index in [2.05, 4.69) is 20.7 Å². The van der Waals surface area contributed by atoms with Gasteiger partial charge >= 0.3 is 0 Å². The van der Waals surface area contributed by atoms with Crippen molar-refractivity contribution in [3.8, 4) is 0 Å². The molecule has 3 aromatic rings. The highest BCUT2D eigenvalue weighted by Gasteiger charge is 2.09. The topological polar surface area (TPSA) is 94.7 Å². The van der Waals surface area contributed by atoms with Crippen molar-refractivity contribution in [2.24, 2.45) is 7.05 Å². The van der Waals surface area contributed by atoms with E-state index in [-0.39, 0.29) is 18.0 Å². The molecule has 3 rings (SSSR count). The Kier molecular flexibility index (Phi) is 4.13. The molecular weight excluding hydrogens is 296 g/mol. The van der Waals surface area contributed by atoms with E-state index < -0.39 is 0 Å². The van der Waals surface area contributed by atoms with E-state index in [1.807, 2.05) is 13.2 Å². The van der Waals surface area contributed by atoms with E-state index in [0.717, 1.165) is 10.2 Å². The summed E-state index contributed by atoms with van der Waals surface area (Å²) in [6.45, 7) is 0.323. The zero-order valence-corrected chi connectivity index (χ0v) is 12.6. The van der Waals surface area contributed by atoms with Crippen molar-refractivity contribution in [1.82, 2.24) is 30.1 Å². The van der Waals surface area contributed by atoms with Crippen LogP contribution >= 0.6 is 0 Å². The third-order valence-corrected chi connectivity index (χ3v) is 3.42. The second kappa shape index (κ2) is 6.39. The maximum atomic E-state index is 12.2. The molecule has 8 heteroatoms.